The lowest BCUT2D eigenvalue weighted by Gasteiger charge is -2.17. The second-order valence-electron chi connectivity index (χ2n) is 4.26. The molecule has 0 radical (unpaired) electrons. The number of halogens is 2. The molecule has 1 N–H and O–H groups in total. The van der Waals surface area contributed by atoms with E-state index in [4.69, 9.17) is 27.9 Å². The molecule has 0 heterocycles. The van der Waals surface area contributed by atoms with Crippen molar-refractivity contribution in [3.05, 3.63) is 58.1 Å². The van der Waals surface area contributed by atoms with Gasteiger partial charge in [0.15, 0.2) is 0 Å². The number of nitrogens with one attached hydrogen (secondary N) is 1. The molecule has 2 aromatic carbocycles. The van der Waals surface area contributed by atoms with E-state index >= 15 is 0 Å². The molecular weight excluding hydrogens is 281 g/mol. The van der Waals surface area contributed by atoms with Crippen LogP contribution in [0.3, 0.4) is 0 Å². The first-order valence-corrected chi connectivity index (χ1v) is 6.71. The van der Waals surface area contributed by atoms with E-state index in [1.165, 1.54) is 0 Å². The smallest absolute Gasteiger partial charge is 0.119 e. The van der Waals surface area contributed by atoms with Gasteiger partial charge in [-0.25, -0.2) is 0 Å². The number of ether oxygens (including phenoxy) is 1. The molecule has 0 spiro atoms. The third-order valence-electron chi connectivity index (χ3n) is 2.90. The van der Waals surface area contributed by atoms with Gasteiger partial charge < -0.3 is 10.1 Å². The highest BCUT2D eigenvalue weighted by Gasteiger charge is 2.09. The fraction of sp³-hybridized carbons (Fsp3) is 0.200. The lowest BCUT2D eigenvalue weighted by Crippen LogP contribution is -2.07. The maximum Gasteiger partial charge on any atom is 0.119 e. The summed E-state index contributed by atoms with van der Waals surface area (Å²) in [6, 6.07) is 13.4. The molecule has 0 aliphatic rings. The van der Waals surface area contributed by atoms with Crippen molar-refractivity contribution in [2.45, 2.75) is 13.0 Å². The van der Waals surface area contributed by atoms with Crippen LogP contribution in [0.4, 0.5) is 5.69 Å². The molecule has 2 rings (SSSR count). The van der Waals surface area contributed by atoms with Crippen LogP contribution in [0.5, 0.6) is 5.75 Å². The Morgan fingerprint density at radius 1 is 1.05 bits per heavy atom. The third kappa shape index (κ3) is 3.55. The molecule has 1 atom stereocenters. The van der Waals surface area contributed by atoms with Crippen LogP contribution in [0.15, 0.2) is 42.5 Å². The molecule has 2 aromatic rings. The van der Waals surface area contributed by atoms with Crippen LogP contribution in [0.1, 0.15) is 18.5 Å². The number of hydrogen-bond donors (Lipinski definition) is 1. The van der Waals surface area contributed by atoms with Crippen LogP contribution >= 0.6 is 23.2 Å². The van der Waals surface area contributed by atoms with Crippen molar-refractivity contribution in [3.63, 3.8) is 0 Å². The van der Waals surface area contributed by atoms with E-state index in [0.29, 0.717) is 10.0 Å². The van der Waals surface area contributed by atoms with Crippen molar-refractivity contribution in [1.29, 1.82) is 0 Å². The van der Waals surface area contributed by atoms with Gasteiger partial charge in [0.25, 0.3) is 0 Å². The summed E-state index contributed by atoms with van der Waals surface area (Å²) in [5, 5.41) is 4.70. The van der Waals surface area contributed by atoms with Gasteiger partial charge in [-0.1, -0.05) is 29.3 Å². The van der Waals surface area contributed by atoms with Crippen molar-refractivity contribution in [1.82, 2.24) is 0 Å². The highest BCUT2D eigenvalue weighted by atomic mass is 35.5. The first-order valence-electron chi connectivity index (χ1n) is 5.95. The number of benzene rings is 2. The molecule has 0 aliphatic carbocycles. The van der Waals surface area contributed by atoms with Gasteiger partial charge in [0, 0.05) is 21.8 Å². The standard InChI is InChI=1S/C15H15Cl2NO/c1-10(14-8-3-11(16)9-15(14)17)18-12-4-6-13(19-2)7-5-12/h3-10,18H,1-2H3. The van der Waals surface area contributed by atoms with Crippen LogP contribution in [-0.4, -0.2) is 7.11 Å². The first-order chi connectivity index (χ1) is 9.10. The highest BCUT2D eigenvalue weighted by molar-refractivity contribution is 6.35. The molecule has 0 aliphatic heterocycles. The van der Waals surface area contributed by atoms with E-state index in [-0.39, 0.29) is 6.04 Å². The van der Waals surface area contributed by atoms with Crippen molar-refractivity contribution >= 4 is 28.9 Å². The van der Waals surface area contributed by atoms with E-state index in [1.54, 1.807) is 13.2 Å². The molecule has 4 heteroatoms. The van der Waals surface area contributed by atoms with Crippen molar-refractivity contribution in [2.75, 3.05) is 12.4 Å². The lowest BCUT2D eigenvalue weighted by molar-refractivity contribution is 0.415. The van der Waals surface area contributed by atoms with Gasteiger partial charge in [-0.2, -0.15) is 0 Å². The Hall–Kier alpha value is -1.38. The van der Waals surface area contributed by atoms with Gasteiger partial charge >= 0.3 is 0 Å². The van der Waals surface area contributed by atoms with Gasteiger partial charge in [0.05, 0.1) is 7.11 Å². The summed E-state index contributed by atoms with van der Waals surface area (Å²) < 4.78 is 5.13. The molecule has 0 saturated carbocycles. The van der Waals surface area contributed by atoms with Gasteiger partial charge in [0.2, 0.25) is 0 Å². The Kier molecular flexibility index (Phi) is 4.56. The molecule has 0 fully saturated rings. The van der Waals surface area contributed by atoms with Crippen LogP contribution in [-0.2, 0) is 0 Å². The second-order valence-corrected chi connectivity index (χ2v) is 5.10. The average Bonchev–Trinajstić information content (AvgIpc) is 2.39. The zero-order chi connectivity index (χ0) is 13.8. The Morgan fingerprint density at radius 3 is 2.32 bits per heavy atom. The van der Waals surface area contributed by atoms with Gasteiger partial charge in [0.1, 0.15) is 5.75 Å². The zero-order valence-electron chi connectivity index (χ0n) is 10.8. The van der Waals surface area contributed by atoms with E-state index in [0.717, 1.165) is 17.0 Å². The van der Waals surface area contributed by atoms with Crippen molar-refractivity contribution in [3.8, 4) is 5.75 Å². The Morgan fingerprint density at radius 2 is 1.74 bits per heavy atom. The quantitative estimate of drug-likeness (QED) is 0.839. The Labute approximate surface area is 123 Å². The van der Waals surface area contributed by atoms with Crippen LogP contribution in [0.25, 0.3) is 0 Å². The molecular formula is C15H15Cl2NO. The molecule has 1 unspecified atom stereocenters. The molecule has 0 amide bonds. The minimum atomic E-state index is 0.0955. The van der Waals surface area contributed by atoms with Crippen LogP contribution in [0, 0.1) is 0 Å². The maximum absolute atomic E-state index is 6.19. The predicted octanol–water partition coefficient (Wildman–Crippen LogP) is 5.18. The highest BCUT2D eigenvalue weighted by Crippen LogP contribution is 2.28. The van der Waals surface area contributed by atoms with Crippen LogP contribution < -0.4 is 10.1 Å². The molecule has 0 aromatic heterocycles. The zero-order valence-corrected chi connectivity index (χ0v) is 12.3. The van der Waals surface area contributed by atoms with Crippen LogP contribution in [0.2, 0.25) is 10.0 Å². The number of anilines is 1. The summed E-state index contributed by atoms with van der Waals surface area (Å²) in [7, 11) is 1.65. The Balaban J connectivity index is 2.13. The van der Waals surface area contributed by atoms with E-state index < -0.39 is 0 Å². The largest absolute Gasteiger partial charge is 0.497 e. The van der Waals surface area contributed by atoms with E-state index in [2.05, 4.69) is 12.2 Å². The summed E-state index contributed by atoms with van der Waals surface area (Å²) in [6.45, 7) is 2.05. The predicted molar refractivity (Wildman–Crippen MR) is 81.5 cm³/mol. The van der Waals surface area contributed by atoms with Crippen molar-refractivity contribution < 1.29 is 4.74 Å². The normalized spacial score (nSPS) is 12.0. The number of hydrogen-bond acceptors (Lipinski definition) is 2. The molecule has 19 heavy (non-hydrogen) atoms. The lowest BCUT2D eigenvalue weighted by atomic mass is 10.1. The molecule has 100 valence electrons. The molecule has 0 saturated heterocycles. The number of methoxy groups -OCH3 is 1. The van der Waals surface area contributed by atoms with E-state index in [1.807, 2.05) is 36.4 Å². The summed E-state index contributed by atoms with van der Waals surface area (Å²) in [6.07, 6.45) is 0. The number of rotatable bonds is 4. The van der Waals surface area contributed by atoms with Gasteiger partial charge in [-0.3, -0.25) is 0 Å². The molecule has 2 nitrogen and oxygen atoms in total. The summed E-state index contributed by atoms with van der Waals surface area (Å²) >= 11 is 12.1. The Bertz CT molecular complexity index is 555. The minimum absolute atomic E-state index is 0.0955. The monoisotopic (exact) mass is 295 g/mol. The van der Waals surface area contributed by atoms with E-state index in [9.17, 15) is 0 Å². The third-order valence-corrected chi connectivity index (χ3v) is 3.46. The fourth-order valence-corrected chi connectivity index (χ4v) is 2.44. The summed E-state index contributed by atoms with van der Waals surface area (Å²) in [5.74, 6) is 0.836. The SMILES string of the molecule is COc1ccc(NC(C)c2ccc(Cl)cc2Cl)cc1. The first kappa shape index (κ1) is 14.0. The average molecular weight is 296 g/mol. The van der Waals surface area contributed by atoms with Gasteiger partial charge in [-0.15, -0.1) is 0 Å². The fourth-order valence-electron chi connectivity index (χ4n) is 1.87. The topological polar surface area (TPSA) is 21.3 Å². The summed E-state index contributed by atoms with van der Waals surface area (Å²) in [4.78, 5) is 0. The summed E-state index contributed by atoms with van der Waals surface area (Å²) in [5.41, 5.74) is 2.03. The second kappa shape index (κ2) is 6.18. The minimum Gasteiger partial charge on any atom is -0.497 e. The van der Waals surface area contributed by atoms with Crippen molar-refractivity contribution in [2.24, 2.45) is 0 Å². The van der Waals surface area contributed by atoms with Gasteiger partial charge in [-0.05, 0) is 48.9 Å². The maximum atomic E-state index is 6.19. The molecule has 0 bridgehead atoms.